The molecule has 0 fully saturated rings. The Morgan fingerprint density at radius 1 is 1.00 bits per heavy atom. The Morgan fingerprint density at radius 3 is 2.31 bits per heavy atom. The summed E-state index contributed by atoms with van der Waals surface area (Å²) in [4.78, 5) is 37.5. The minimum Gasteiger partial charge on any atom is -0.546 e. The van der Waals surface area contributed by atoms with Gasteiger partial charge in [0.25, 0.3) is 0 Å². The van der Waals surface area contributed by atoms with E-state index >= 15 is 0 Å². The number of carboxylic acid groups (broad SMARTS) is 1. The summed E-state index contributed by atoms with van der Waals surface area (Å²) in [6.07, 6.45) is 0. The molecule has 3 aromatic carbocycles. The highest BCUT2D eigenvalue weighted by atomic mass is 79.9. The van der Waals surface area contributed by atoms with E-state index in [4.69, 9.17) is 9.47 Å². The molecule has 0 spiro atoms. The Bertz CT molecular complexity index is 1320. The zero-order valence-electron chi connectivity index (χ0n) is 19.2. The van der Waals surface area contributed by atoms with Crippen molar-refractivity contribution < 1.29 is 29.0 Å². The molecule has 2 N–H and O–H groups in total. The molecule has 0 aliphatic carbocycles. The van der Waals surface area contributed by atoms with Crippen molar-refractivity contribution in [2.24, 2.45) is 0 Å². The highest BCUT2D eigenvalue weighted by molar-refractivity contribution is 9.10. The highest BCUT2D eigenvalue weighted by Gasteiger charge is 2.34. The maximum atomic E-state index is 13.8. The molecule has 1 atom stereocenters. The average Bonchev–Trinajstić information content (AvgIpc) is 2.88. The Hall–Kier alpha value is -4.11. The van der Waals surface area contributed by atoms with Gasteiger partial charge in [0.15, 0.2) is 17.3 Å². The number of aliphatic carboxylic acids is 1. The van der Waals surface area contributed by atoms with Gasteiger partial charge in [-0.1, -0.05) is 60.7 Å². The molecule has 1 heterocycles. The van der Waals surface area contributed by atoms with E-state index in [2.05, 4.69) is 26.6 Å². The normalized spacial score (nSPS) is 15.1. The first kappa shape index (κ1) is 25.0. The molecule has 8 nitrogen and oxygen atoms in total. The summed E-state index contributed by atoms with van der Waals surface area (Å²) in [6.45, 7) is 1.38. The predicted octanol–water partition coefficient (Wildman–Crippen LogP) is 3.62. The van der Waals surface area contributed by atoms with E-state index in [1.807, 2.05) is 36.4 Å². The van der Waals surface area contributed by atoms with Crippen LogP contribution in [0.3, 0.4) is 0 Å². The van der Waals surface area contributed by atoms with Gasteiger partial charge in [0.2, 0.25) is 0 Å². The van der Waals surface area contributed by atoms with E-state index in [1.54, 1.807) is 43.3 Å². The van der Waals surface area contributed by atoms with Crippen LogP contribution >= 0.6 is 15.9 Å². The topological polar surface area (TPSA) is 117 Å². The third-order valence-electron chi connectivity index (χ3n) is 5.41. The molecule has 184 valence electrons. The number of hydrogen-bond donors (Lipinski definition) is 2. The molecule has 2 amide bonds. The van der Waals surface area contributed by atoms with Gasteiger partial charge in [-0.25, -0.2) is 4.79 Å². The van der Waals surface area contributed by atoms with Gasteiger partial charge in [0.05, 0.1) is 34.4 Å². The predicted molar refractivity (Wildman–Crippen MR) is 134 cm³/mol. The molecular formula is C27H22BrN2O6-. The number of hydrogen-bond acceptors (Lipinski definition) is 6. The summed E-state index contributed by atoms with van der Waals surface area (Å²) in [6, 6.07) is 19.9. The summed E-state index contributed by atoms with van der Waals surface area (Å²) >= 11 is 3.41. The Morgan fingerprint density at radius 2 is 1.67 bits per heavy atom. The molecule has 1 aliphatic heterocycles. The number of ketones is 1. The summed E-state index contributed by atoms with van der Waals surface area (Å²) < 4.78 is 11.5. The largest absolute Gasteiger partial charge is 0.546 e. The van der Waals surface area contributed by atoms with Gasteiger partial charge in [0.1, 0.15) is 6.61 Å². The van der Waals surface area contributed by atoms with Crippen molar-refractivity contribution in [2.75, 3.05) is 13.2 Å². The van der Waals surface area contributed by atoms with Gasteiger partial charge in [-0.2, -0.15) is 0 Å². The van der Waals surface area contributed by atoms with E-state index in [1.165, 1.54) is 0 Å². The van der Waals surface area contributed by atoms with E-state index < -0.39 is 24.6 Å². The smallest absolute Gasteiger partial charge is 0.320 e. The second-order valence-electron chi connectivity index (χ2n) is 7.81. The van der Waals surface area contributed by atoms with Crippen LogP contribution in [0, 0.1) is 0 Å². The SMILES string of the molecule is CCOc1cc([C@H]2NC(=O)NC(c3ccccc3)=C2C(=O)c2ccccc2)cc(Br)c1OCC(=O)[O-]. The van der Waals surface area contributed by atoms with Crippen LogP contribution in [0.15, 0.2) is 82.8 Å². The van der Waals surface area contributed by atoms with E-state index in [0.29, 0.717) is 32.4 Å². The lowest BCUT2D eigenvalue weighted by Gasteiger charge is -2.31. The van der Waals surface area contributed by atoms with Crippen LogP contribution in [0.1, 0.15) is 34.5 Å². The number of ether oxygens (including phenoxy) is 2. The number of halogens is 1. The van der Waals surface area contributed by atoms with Crippen LogP contribution in [0.4, 0.5) is 4.79 Å². The van der Waals surface area contributed by atoms with Crippen LogP contribution < -0.4 is 25.2 Å². The number of amides is 2. The van der Waals surface area contributed by atoms with Gasteiger partial charge in [0, 0.05) is 5.56 Å². The van der Waals surface area contributed by atoms with Crippen molar-refractivity contribution in [1.29, 1.82) is 0 Å². The maximum absolute atomic E-state index is 13.8. The van der Waals surface area contributed by atoms with E-state index in [9.17, 15) is 19.5 Å². The van der Waals surface area contributed by atoms with Crippen LogP contribution in [0.2, 0.25) is 0 Å². The molecule has 0 bridgehead atoms. The molecule has 0 radical (unpaired) electrons. The fourth-order valence-electron chi connectivity index (χ4n) is 3.93. The third kappa shape index (κ3) is 5.41. The molecule has 0 saturated carbocycles. The zero-order valence-corrected chi connectivity index (χ0v) is 20.8. The summed E-state index contributed by atoms with van der Waals surface area (Å²) in [5.74, 6) is -1.22. The van der Waals surface area contributed by atoms with Crippen molar-refractivity contribution in [3.8, 4) is 11.5 Å². The minimum atomic E-state index is -1.38. The summed E-state index contributed by atoms with van der Waals surface area (Å²) in [5.41, 5.74) is 2.40. The summed E-state index contributed by atoms with van der Waals surface area (Å²) in [7, 11) is 0. The standard InChI is InChI=1S/C27H23BrN2O6/c1-2-35-20-14-18(13-19(28)26(20)36-15-21(31)32)24-22(25(33)17-11-7-4-8-12-17)23(29-27(34)30-24)16-9-5-3-6-10-16/h3-14,24H,2,15H2,1H3,(H,31,32)(H2,29,30,34)/p-1/t24-/m1/s1. The number of benzene rings is 3. The summed E-state index contributed by atoms with van der Waals surface area (Å²) in [5, 5.41) is 16.6. The number of Topliss-reactive ketones (excluding diaryl/α,β-unsaturated/α-hetero) is 1. The second-order valence-corrected chi connectivity index (χ2v) is 8.66. The fraction of sp³-hybridized carbons (Fsp3) is 0.148. The van der Waals surface area contributed by atoms with Crippen molar-refractivity contribution in [1.82, 2.24) is 10.6 Å². The number of nitrogens with one attached hydrogen (secondary N) is 2. The number of urea groups is 1. The molecule has 36 heavy (non-hydrogen) atoms. The quantitative estimate of drug-likeness (QED) is 0.393. The molecule has 4 rings (SSSR count). The first-order valence-corrected chi connectivity index (χ1v) is 11.9. The Labute approximate surface area is 216 Å². The first-order valence-electron chi connectivity index (χ1n) is 11.1. The number of carbonyl (C=O) groups is 3. The Balaban J connectivity index is 1.90. The third-order valence-corrected chi connectivity index (χ3v) is 6.00. The zero-order chi connectivity index (χ0) is 25.7. The van der Waals surface area contributed by atoms with E-state index in [0.717, 1.165) is 0 Å². The van der Waals surface area contributed by atoms with Crippen molar-refractivity contribution in [3.63, 3.8) is 0 Å². The van der Waals surface area contributed by atoms with Crippen LogP contribution in [0.5, 0.6) is 11.5 Å². The number of rotatable bonds is 9. The van der Waals surface area contributed by atoms with Crippen molar-refractivity contribution in [3.05, 3.63) is 99.5 Å². The van der Waals surface area contributed by atoms with Crippen LogP contribution in [-0.2, 0) is 4.79 Å². The molecule has 9 heteroatoms. The molecule has 0 saturated heterocycles. The number of carboxylic acids is 1. The van der Waals surface area contributed by atoms with Gasteiger partial charge in [-0.05, 0) is 46.1 Å². The lowest BCUT2D eigenvalue weighted by Crippen LogP contribution is -2.45. The van der Waals surface area contributed by atoms with Gasteiger partial charge in [-0.3, -0.25) is 4.79 Å². The van der Waals surface area contributed by atoms with E-state index in [-0.39, 0.29) is 23.9 Å². The second kappa shape index (κ2) is 11.1. The molecule has 3 aromatic rings. The molecule has 0 unspecified atom stereocenters. The van der Waals surface area contributed by atoms with Gasteiger partial charge < -0.3 is 30.0 Å². The molecule has 1 aliphatic rings. The highest BCUT2D eigenvalue weighted by Crippen LogP contribution is 2.41. The molecule has 0 aromatic heterocycles. The first-order chi connectivity index (χ1) is 17.4. The van der Waals surface area contributed by atoms with Gasteiger partial charge in [-0.15, -0.1) is 0 Å². The van der Waals surface area contributed by atoms with Crippen molar-refractivity contribution >= 4 is 39.4 Å². The lowest BCUT2D eigenvalue weighted by atomic mass is 9.87. The van der Waals surface area contributed by atoms with Crippen LogP contribution in [-0.4, -0.2) is 31.0 Å². The average molecular weight is 550 g/mol. The minimum absolute atomic E-state index is 0.174. The van der Waals surface area contributed by atoms with Crippen LogP contribution in [0.25, 0.3) is 5.70 Å². The van der Waals surface area contributed by atoms with Gasteiger partial charge >= 0.3 is 6.03 Å². The fourth-order valence-corrected chi connectivity index (χ4v) is 4.50. The van der Waals surface area contributed by atoms with Crippen molar-refractivity contribution in [2.45, 2.75) is 13.0 Å². The Kier molecular flexibility index (Phi) is 7.70. The molecular weight excluding hydrogens is 528 g/mol. The lowest BCUT2D eigenvalue weighted by molar-refractivity contribution is -0.307. The maximum Gasteiger partial charge on any atom is 0.320 e. The monoisotopic (exact) mass is 549 g/mol. The number of carbonyl (C=O) groups excluding carboxylic acids is 3.